The molecule has 0 aromatic heterocycles. The molecule has 0 aliphatic heterocycles. The molecule has 0 heterocycles. The van der Waals surface area contributed by atoms with Crippen LogP contribution in [0.5, 0.6) is 11.5 Å². The minimum atomic E-state index is -4.61. The van der Waals surface area contributed by atoms with E-state index < -0.39 is 59.1 Å². The van der Waals surface area contributed by atoms with Gasteiger partial charge in [0.25, 0.3) is 0 Å². The van der Waals surface area contributed by atoms with E-state index in [0.717, 1.165) is 24.3 Å². The topological polar surface area (TPSA) is 18.5 Å². The minimum Gasteiger partial charge on any atom is -1.00 e. The predicted molar refractivity (Wildman–Crippen MR) is 64.1 cm³/mol. The van der Waals surface area contributed by atoms with Crippen LogP contribution in [0.15, 0.2) is 48.5 Å². The van der Waals surface area contributed by atoms with E-state index in [2.05, 4.69) is 0 Å². The fraction of sp³-hybridized carbons (Fsp3) is 0.143. The quantitative estimate of drug-likeness (QED) is 0.525. The van der Waals surface area contributed by atoms with Gasteiger partial charge in [-0.2, -0.15) is 0 Å². The zero-order valence-electron chi connectivity index (χ0n) is 12.0. The Hall–Kier alpha value is -0.917. The molecule has 0 atom stereocenters. The monoisotopic (exact) mass is 482 g/mol. The van der Waals surface area contributed by atoms with Crippen LogP contribution >= 0.6 is 0 Å². The van der Waals surface area contributed by atoms with Gasteiger partial charge in [0, 0.05) is 0 Å². The first kappa shape index (κ1) is 24.1. The maximum atomic E-state index is 12.8. The Morgan fingerprint density at radius 2 is 0.920 bits per heavy atom. The Morgan fingerprint density at radius 3 is 1.24 bits per heavy atom. The van der Waals surface area contributed by atoms with E-state index in [0.29, 0.717) is 0 Å². The first-order chi connectivity index (χ1) is 10.7. The molecule has 2 nitrogen and oxygen atoms in total. The standard InChI is InChI=1S/2C7H5F3O.2ClH.Zr/c2*8-7(9,10)5-3-1-2-4-6(5)11;;;/h2*1-4,11H;2*1H;/q;;;;+4/p-4. The first-order valence-electron chi connectivity index (χ1n) is 6.11. The molecule has 0 aliphatic carbocycles. The maximum absolute atomic E-state index is 12.8. The zero-order chi connectivity index (χ0) is 17.1. The van der Waals surface area contributed by atoms with Crippen molar-refractivity contribution in [1.82, 2.24) is 0 Å². The number of benzene rings is 2. The molecular weight excluding hydrogens is 476 g/mol. The molecule has 11 heteroatoms. The van der Waals surface area contributed by atoms with Crippen molar-refractivity contribution in [3.63, 3.8) is 0 Å². The van der Waals surface area contributed by atoms with Gasteiger partial charge in [-0.1, -0.05) is 0 Å². The van der Waals surface area contributed by atoms with E-state index in [1.807, 2.05) is 0 Å². The number of hydrogen-bond acceptors (Lipinski definition) is 2. The molecule has 2 aromatic rings. The van der Waals surface area contributed by atoms with E-state index in [9.17, 15) is 26.3 Å². The summed E-state index contributed by atoms with van der Waals surface area (Å²) in [4.78, 5) is 0. The number of para-hydroxylation sites is 2. The Balaban J connectivity index is 0.00000288. The number of alkyl halides is 6. The molecule has 2 rings (SSSR count). The maximum Gasteiger partial charge on any atom is -1.00 e. The summed E-state index contributed by atoms with van der Waals surface area (Å²) in [5, 5.41) is 0. The molecule has 0 radical (unpaired) electrons. The second-order valence-electron chi connectivity index (χ2n) is 4.28. The summed E-state index contributed by atoms with van der Waals surface area (Å²) < 4.78 is 86.6. The summed E-state index contributed by atoms with van der Waals surface area (Å²) in [5.74, 6) is -0.896. The van der Waals surface area contributed by atoms with Crippen LogP contribution in [0.1, 0.15) is 11.1 Å². The summed E-state index contributed by atoms with van der Waals surface area (Å²) in [6.45, 7) is 0. The molecule has 2 aromatic carbocycles. The summed E-state index contributed by atoms with van der Waals surface area (Å²) in [6, 6.07) is 8.94. The van der Waals surface area contributed by atoms with Gasteiger partial charge in [0.1, 0.15) is 0 Å². The van der Waals surface area contributed by atoms with E-state index in [1.54, 1.807) is 0 Å². The molecule has 0 saturated carbocycles. The number of rotatable bonds is 4. The van der Waals surface area contributed by atoms with Gasteiger partial charge in [-0.3, -0.25) is 0 Å². The predicted octanol–water partition coefficient (Wildman–Crippen LogP) is -0.897. The molecule has 0 bridgehead atoms. The van der Waals surface area contributed by atoms with Crippen LogP contribution in [0.4, 0.5) is 26.3 Å². The number of hydrogen-bond donors (Lipinski definition) is 0. The largest absolute Gasteiger partial charge is 1.00 e. The van der Waals surface area contributed by atoms with E-state index in [-0.39, 0.29) is 24.8 Å². The van der Waals surface area contributed by atoms with Crippen LogP contribution in [0, 0.1) is 0 Å². The summed E-state index contributed by atoms with van der Waals surface area (Å²) in [7, 11) is 0. The average molecular weight is 484 g/mol. The molecule has 0 saturated heterocycles. The average Bonchev–Trinajstić information content (AvgIpc) is 2.46. The van der Waals surface area contributed by atoms with Crippen molar-refractivity contribution in [2.75, 3.05) is 0 Å². The second-order valence-corrected chi connectivity index (χ2v) is 5.69. The first-order valence-corrected chi connectivity index (χ1v) is 8.11. The Bertz CT molecular complexity index is 621. The molecule has 0 unspecified atom stereocenters. The minimum absolute atomic E-state index is 0. The fourth-order valence-corrected chi connectivity index (χ4v) is 3.11. The van der Waals surface area contributed by atoms with E-state index in [4.69, 9.17) is 5.63 Å². The van der Waals surface area contributed by atoms with Gasteiger partial charge in [-0.25, -0.2) is 0 Å². The van der Waals surface area contributed by atoms with Gasteiger partial charge in [-0.15, -0.1) is 0 Å². The van der Waals surface area contributed by atoms with Gasteiger partial charge in [0.05, 0.1) is 0 Å². The number of halogens is 8. The van der Waals surface area contributed by atoms with E-state index >= 15 is 0 Å². The molecule has 0 N–H and O–H groups in total. The van der Waals surface area contributed by atoms with Crippen LogP contribution in [-0.2, 0) is 36.5 Å². The van der Waals surface area contributed by atoms with Crippen molar-refractivity contribution >= 4 is 0 Å². The molecule has 0 aliphatic rings. The van der Waals surface area contributed by atoms with Crippen LogP contribution in [0.2, 0.25) is 0 Å². The van der Waals surface area contributed by atoms with Crippen molar-refractivity contribution in [2.45, 2.75) is 12.4 Å². The molecular formula is C14H8Cl2F6O2Zr. The van der Waals surface area contributed by atoms with Gasteiger partial charge in [0.15, 0.2) is 0 Å². The van der Waals surface area contributed by atoms with Crippen LogP contribution < -0.4 is 30.4 Å². The van der Waals surface area contributed by atoms with E-state index in [1.165, 1.54) is 24.3 Å². The molecule has 0 amide bonds. The summed E-state index contributed by atoms with van der Waals surface area (Å²) in [5.41, 5.74) is -1.98. The molecule has 0 fully saturated rings. The fourth-order valence-electron chi connectivity index (χ4n) is 1.69. The van der Waals surface area contributed by atoms with Crippen molar-refractivity contribution in [3.8, 4) is 11.5 Å². The summed E-state index contributed by atoms with van der Waals surface area (Å²) in [6.07, 6.45) is -9.22. The van der Waals surface area contributed by atoms with Crippen molar-refractivity contribution in [2.24, 2.45) is 0 Å². The summed E-state index contributed by atoms with van der Waals surface area (Å²) >= 11 is -2.45. The van der Waals surface area contributed by atoms with Crippen molar-refractivity contribution in [3.05, 3.63) is 59.7 Å². The van der Waals surface area contributed by atoms with Crippen LogP contribution in [-0.4, -0.2) is 0 Å². The second kappa shape index (κ2) is 9.69. The Morgan fingerprint density at radius 1 is 0.600 bits per heavy atom. The Labute approximate surface area is 164 Å². The SMILES string of the molecule is FC(F)(F)c1ccccc1[O][Zr+2][O]c1ccccc1C(F)(F)F.[Cl-].[Cl-]. The van der Waals surface area contributed by atoms with Gasteiger partial charge in [0.2, 0.25) is 0 Å². The molecule has 136 valence electrons. The zero-order valence-corrected chi connectivity index (χ0v) is 15.9. The Kier molecular flexibility index (Phi) is 9.33. The molecule has 25 heavy (non-hydrogen) atoms. The van der Waals surface area contributed by atoms with Gasteiger partial charge < -0.3 is 24.8 Å². The van der Waals surface area contributed by atoms with Crippen molar-refractivity contribution in [1.29, 1.82) is 0 Å². The van der Waals surface area contributed by atoms with Crippen LogP contribution in [0.3, 0.4) is 0 Å². The van der Waals surface area contributed by atoms with Crippen LogP contribution in [0.25, 0.3) is 0 Å². The molecule has 0 spiro atoms. The van der Waals surface area contributed by atoms with Gasteiger partial charge >= 0.3 is 140 Å². The van der Waals surface area contributed by atoms with Gasteiger partial charge in [-0.05, 0) is 0 Å². The third-order valence-corrected chi connectivity index (χ3v) is 4.18. The third-order valence-electron chi connectivity index (χ3n) is 2.69. The third kappa shape index (κ3) is 6.72. The van der Waals surface area contributed by atoms with Crippen molar-refractivity contribution < 1.29 is 80.9 Å². The smallest absolute Gasteiger partial charge is 1.00 e. The normalized spacial score (nSPS) is 10.8.